The van der Waals surface area contributed by atoms with Gasteiger partial charge in [-0.2, -0.15) is 0 Å². The Morgan fingerprint density at radius 3 is 2.43 bits per heavy atom. The Morgan fingerprint density at radius 2 is 1.79 bits per heavy atom. The number of nitrogens with zero attached hydrogens (tertiary/aromatic N) is 1. The molecule has 1 aromatic carbocycles. The van der Waals surface area contributed by atoms with Crippen molar-refractivity contribution in [3.8, 4) is 0 Å². The van der Waals surface area contributed by atoms with Gasteiger partial charge in [0.1, 0.15) is 0 Å². The second-order valence-corrected chi connectivity index (χ2v) is 6.23. The zero-order valence-electron chi connectivity index (χ0n) is 8.56. The van der Waals surface area contributed by atoms with E-state index in [1.807, 2.05) is 0 Å². The van der Waals surface area contributed by atoms with Crippen molar-refractivity contribution in [1.29, 1.82) is 0 Å². The number of rotatable bonds is 0. The Hall–Kier alpha value is -0.0200. The predicted octanol–water partition coefficient (Wildman–Crippen LogP) is 3.94. The Morgan fingerprint density at radius 1 is 1.21 bits per heavy atom. The van der Waals surface area contributed by atoms with Crippen LogP contribution in [0.25, 0.3) is 0 Å². The van der Waals surface area contributed by atoms with Crippen molar-refractivity contribution >= 4 is 37.5 Å². The average Bonchev–Trinajstić information content (AvgIpc) is 2.26. The minimum Gasteiger partial charge on any atom is -0.373 e. The van der Waals surface area contributed by atoms with E-state index in [-0.39, 0.29) is 5.41 Å². The third kappa shape index (κ3) is 1.50. The monoisotopic (exact) mass is 317 g/mol. The van der Waals surface area contributed by atoms with Crippen LogP contribution in [0, 0.1) is 0 Å². The number of halogens is 2. The molecule has 0 N–H and O–H groups in total. The average molecular weight is 319 g/mol. The maximum Gasteiger partial charge on any atom is 0.0414 e. The van der Waals surface area contributed by atoms with Crippen LogP contribution in [0.5, 0.6) is 0 Å². The maximum absolute atomic E-state index is 3.55. The van der Waals surface area contributed by atoms with E-state index in [1.165, 1.54) is 11.3 Å². The highest BCUT2D eigenvalue weighted by Crippen LogP contribution is 2.43. The highest BCUT2D eigenvalue weighted by atomic mass is 79.9. The first-order valence-electron chi connectivity index (χ1n) is 4.62. The molecule has 0 saturated carbocycles. The van der Waals surface area contributed by atoms with E-state index in [0.717, 1.165) is 15.5 Å². The minimum atomic E-state index is 0.257. The summed E-state index contributed by atoms with van der Waals surface area (Å²) in [5.74, 6) is 0. The quantitative estimate of drug-likeness (QED) is 0.700. The van der Waals surface area contributed by atoms with Crippen LogP contribution in [-0.4, -0.2) is 13.6 Å². The number of hydrogen-bond acceptors (Lipinski definition) is 1. The molecule has 0 atom stereocenters. The summed E-state index contributed by atoms with van der Waals surface area (Å²) >= 11 is 7.10. The van der Waals surface area contributed by atoms with Crippen molar-refractivity contribution in [3.63, 3.8) is 0 Å². The first kappa shape index (κ1) is 10.5. The van der Waals surface area contributed by atoms with Crippen molar-refractivity contribution in [3.05, 3.63) is 26.6 Å². The van der Waals surface area contributed by atoms with Gasteiger partial charge in [0.05, 0.1) is 0 Å². The number of fused-ring (bicyclic) bond motifs is 1. The molecule has 0 radical (unpaired) electrons. The SMILES string of the molecule is CN1CC(C)(C)c2cc(Br)c(Br)cc21. The summed E-state index contributed by atoms with van der Waals surface area (Å²) in [6.07, 6.45) is 0. The van der Waals surface area contributed by atoms with Crippen LogP contribution in [-0.2, 0) is 5.41 Å². The van der Waals surface area contributed by atoms with Crippen molar-refractivity contribution in [2.24, 2.45) is 0 Å². The van der Waals surface area contributed by atoms with E-state index in [9.17, 15) is 0 Å². The third-order valence-electron chi connectivity index (χ3n) is 2.81. The third-order valence-corrected chi connectivity index (χ3v) is 4.66. The molecule has 0 bridgehead atoms. The van der Waals surface area contributed by atoms with Gasteiger partial charge in [-0.05, 0) is 49.6 Å². The Kier molecular flexibility index (Phi) is 2.43. The van der Waals surface area contributed by atoms with E-state index >= 15 is 0 Å². The van der Waals surface area contributed by atoms with Gasteiger partial charge >= 0.3 is 0 Å². The van der Waals surface area contributed by atoms with E-state index < -0.39 is 0 Å². The molecule has 1 aliphatic heterocycles. The fraction of sp³-hybridized carbons (Fsp3) is 0.455. The fourth-order valence-electron chi connectivity index (χ4n) is 2.16. The highest BCUT2D eigenvalue weighted by Gasteiger charge is 2.33. The van der Waals surface area contributed by atoms with Gasteiger partial charge in [0.25, 0.3) is 0 Å². The van der Waals surface area contributed by atoms with E-state index in [1.54, 1.807) is 0 Å². The maximum atomic E-state index is 3.55. The number of anilines is 1. The summed E-state index contributed by atoms with van der Waals surface area (Å²) in [7, 11) is 2.15. The van der Waals surface area contributed by atoms with E-state index in [0.29, 0.717) is 0 Å². The van der Waals surface area contributed by atoms with Crippen LogP contribution in [0.15, 0.2) is 21.1 Å². The topological polar surface area (TPSA) is 3.24 Å². The van der Waals surface area contributed by atoms with Gasteiger partial charge in [-0.1, -0.05) is 13.8 Å². The van der Waals surface area contributed by atoms with Crippen LogP contribution < -0.4 is 4.90 Å². The molecule has 76 valence electrons. The number of hydrogen-bond donors (Lipinski definition) is 0. The van der Waals surface area contributed by atoms with Crippen LogP contribution >= 0.6 is 31.9 Å². The lowest BCUT2D eigenvalue weighted by atomic mass is 9.87. The zero-order valence-corrected chi connectivity index (χ0v) is 11.7. The van der Waals surface area contributed by atoms with Gasteiger partial charge in [-0.25, -0.2) is 0 Å². The first-order valence-corrected chi connectivity index (χ1v) is 6.21. The molecule has 2 rings (SSSR count). The van der Waals surface area contributed by atoms with E-state index in [2.05, 4.69) is 69.8 Å². The van der Waals surface area contributed by atoms with Gasteiger partial charge in [0.2, 0.25) is 0 Å². The standard InChI is InChI=1S/C11H13Br2N/c1-11(2)6-14(3)10-5-9(13)8(12)4-7(10)11/h4-5H,6H2,1-3H3. The summed E-state index contributed by atoms with van der Waals surface area (Å²) in [4.78, 5) is 2.31. The van der Waals surface area contributed by atoms with Gasteiger partial charge in [0.15, 0.2) is 0 Å². The predicted molar refractivity (Wildman–Crippen MR) is 68.1 cm³/mol. The Bertz CT molecular complexity index is 385. The Labute approximate surface area is 102 Å². The molecule has 0 aromatic heterocycles. The molecule has 0 fully saturated rings. The first-order chi connectivity index (χ1) is 6.42. The second-order valence-electron chi connectivity index (χ2n) is 4.52. The highest BCUT2D eigenvalue weighted by molar-refractivity contribution is 9.13. The Balaban J connectivity index is 2.64. The molecule has 1 nitrogen and oxygen atoms in total. The molecule has 3 heteroatoms. The van der Waals surface area contributed by atoms with Crippen molar-refractivity contribution < 1.29 is 0 Å². The van der Waals surface area contributed by atoms with Crippen molar-refractivity contribution in [2.75, 3.05) is 18.5 Å². The molecular weight excluding hydrogens is 306 g/mol. The van der Waals surface area contributed by atoms with Crippen LogP contribution in [0.4, 0.5) is 5.69 Å². The van der Waals surface area contributed by atoms with Crippen LogP contribution in [0.3, 0.4) is 0 Å². The zero-order chi connectivity index (χ0) is 10.5. The molecule has 1 heterocycles. The molecule has 14 heavy (non-hydrogen) atoms. The summed E-state index contributed by atoms with van der Waals surface area (Å²) in [5.41, 5.74) is 3.02. The molecular formula is C11H13Br2N. The largest absolute Gasteiger partial charge is 0.373 e. The molecule has 1 aromatic rings. The van der Waals surface area contributed by atoms with Gasteiger partial charge < -0.3 is 4.90 Å². The number of benzene rings is 1. The van der Waals surface area contributed by atoms with E-state index in [4.69, 9.17) is 0 Å². The lowest BCUT2D eigenvalue weighted by molar-refractivity contribution is 0.563. The van der Waals surface area contributed by atoms with Crippen molar-refractivity contribution in [2.45, 2.75) is 19.3 Å². The van der Waals surface area contributed by atoms with Crippen LogP contribution in [0.1, 0.15) is 19.4 Å². The number of likely N-dealkylation sites (N-methyl/N-ethyl adjacent to an activating group) is 1. The molecule has 0 unspecified atom stereocenters. The summed E-state index contributed by atoms with van der Waals surface area (Å²) in [5, 5.41) is 0. The molecule has 0 saturated heterocycles. The smallest absolute Gasteiger partial charge is 0.0414 e. The van der Waals surface area contributed by atoms with Crippen LogP contribution in [0.2, 0.25) is 0 Å². The summed E-state index contributed by atoms with van der Waals surface area (Å²) in [6, 6.07) is 4.41. The summed E-state index contributed by atoms with van der Waals surface area (Å²) in [6.45, 7) is 5.66. The minimum absolute atomic E-state index is 0.257. The van der Waals surface area contributed by atoms with Gasteiger partial charge in [0, 0.05) is 33.6 Å². The molecule has 0 amide bonds. The normalized spacial score (nSPS) is 18.5. The molecule has 1 aliphatic rings. The molecule has 0 spiro atoms. The van der Waals surface area contributed by atoms with Gasteiger partial charge in [-0.15, -0.1) is 0 Å². The second kappa shape index (κ2) is 3.24. The van der Waals surface area contributed by atoms with Gasteiger partial charge in [-0.3, -0.25) is 0 Å². The fourth-order valence-corrected chi connectivity index (χ4v) is 2.83. The lowest BCUT2D eigenvalue weighted by Crippen LogP contribution is -2.24. The molecule has 0 aliphatic carbocycles. The lowest BCUT2D eigenvalue weighted by Gasteiger charge is -2.18. The van der Waals surface area contributed by atoms with Crippen molar-refractivity contribution in [1.82, 2.24) is 0 Å². The summed E-state index contributed by atoms with van der Waals surface area (Å²) < 4.78 is 2.26.